The second-order valence-electron chi connectivity index (χ2n) is 10.8. The van der Waals surface area contributed by atoms with Crippen LogP contribution in [0.1, 0.15) is 109 Å². The zero-order valence-corrected chi connectivity index (χ0v) is 30.3. The molecule has 0 saturated heterocycles. The minimum Gasteiger partial charge on any atom is -0.465 e. The van der Waals surface area contributed by atoms with Crippen LogP contribution in [0, 0.1) is 0 Å². The predicted molar refractivity (Wildman–Crippen MR) is 194 cm³/mol. The molecular weight excluding hydrogens is 615 g/mol. The van der Waals surface area contributed by atoms with Gasteiger partial charge in [-0.2, -0.15) is 0 Å². The van der Waals surface area contributed by atoms with E-state index in [-0.39, 0.29) is 11.9 Å². The Kier molecular flexibility index (Phi) is 29.7. The Morgan fingerprint density at radius 2 is 1.02 bits per heavy atom. The Balaban J connectivity index is 2.19. The van der Waals surface area contributed by atoms with Crippen molar-refractivity contribution in [3.05, 3.63) is 35.9 Å². The molecule has 1 aromatic carbocycles. The van der Waals surface area contributed by atoms with Gasteiger partial charge in [0.25, 0.3) is 0 Å². The van der Waals surface area contributed by atoms with E-state index in [1.54, 1.807) is 21.6 Å². The first-order valence-electron chi connectivity index (χ1n) is 16.7. The average molecular weight is 674 g/mol. The molecule has 0 aliphatic rings. The number of rotatable bonds is 31. The summed E-state index contributed by atoms with van der Waals surface area (Å²) in [5.74, 6) is 3.66. The minimum absolute atomic E-state index is 0.163. The molecule has 0 bridgehead atoms. The predicted octanol–water partition coefficient (Wildman–Crippen LogP) is 9.88. The highest BCUT2D eigenvalue weighted by Crippen LogP contribution is 2.23. The van der Waals surface area contributed by atoms with Crippen LogP contribution >= 0.6 is 43.2 Å². The third kappa shape index (κ3) is 27.5. The highest BCUT2D eigenvalue weighted by Gasteiger charge is 2.13. The van der Waals surface area contributed by atoms with Crippen LogP contribution in [0.25, 0.3) is 0 Å². The lowest BCUT2D eigenvalue weighted by molar-refractivity contribution is -0.143. The molecule has 0 saturated carbocycles. The maximum absolute atomic E-state index is 12.4. The number of unbranched alkanes of at least 4 members (excludes halogenated alkanes) is 10. The molecule has 0 unspecified atom stereocenters. The minimum atomic E-state index is -0.163. The van der Waals surface area contributed by atoms with Gasteiger partial charge in [-0.25, -0.2) is 0 Å². The molecule has 0 aliphatic heterocycles. The van der Waals surface area contributed by atoms with Crippen LogP contribution in [-0.2, 0) is 25.5 Å². The Hall–Kier alpha value is -0.480. The van der Waals surface area contributed by atoms with E-state index in [4.69, 9.17) is 9.47 Å². The van der Waals surface area contributed by atoms with Gasteiger partial charge in [-0.15, -0.1) is 0 Å². The van der Waals surface area contributed by atoms with Gasteiger partial charge in [0.05, 0.1) is 12.8 Å². The van der Waals surface area contributed by atoms with E-state index in [0.29, 0.717) is 39.1 Å². The monoisotopic (exact) mass is 673 g/mol. The summed E-state index contributed by atoms with van der Waals surface area (Å²) in [4.78, 5) is 27.0. The molecule has 0 spiro atoms. The summed E-state index contributed by atoms with van der Waals surface area (Å²) in [5.41, 5.74) is 1.25. The number of hydrogen-bond acceptors (Lipinski definition) is 9. The van der Waals surface area contributed by atoms with Crippen LogP contribution in [-0.4, -0.2) is 72.7 Å². The van der Waals surface area contributed by atoms with Crippen molar-refractivity contribution in [1.29, 1.82) is 0 Å². The maximum Gasteiger partial charge on any atom is 0.307 e. The smallest absolute Gasteiger partial charge is 0.307 e. The first-order valence-corrected chi connectivity index (χ1v) is 21.7. The maximum atomic E-state index is 12.4. The second-order valence-corrected chi connectivity index (χ2v) is 16.2. The van der Waals surface area contributed by atoms with Crippen molar-refractivity contribution in [3.8, 4) is 0 Å². The summed E-state index contributed by atoms with van der Waals surface area (Å²) >= 11 is 0. The summed E-state index contributed by atoms with van der Waals surface area (Å²) in [6, 6.07) is 10.3. The number of nitrogens with zero attached hydrogens (tertiary/aromatic N) is 1. The fraction of sp³-hybridized carbons (Fsp3) is 0.765. The molecule has 0 atom stereocenters. The molecule has 0 radical (unpaired) electrons. The van der Waals surface area contributed by atoms with Crippen molar-refractivity contribution in [2.45, 2.75) is 110 Å². The lowest BCUT2D eigenvalue weighted by Crippen LogP contribution is -2.31. The SMILES string of the molecule is CCCCCCCCSSCCOC(=O)CCN(CCC(=O)OCCSSCCCCCCCC)CCc1ccccc1. The van der Waals surface area contributed by atoms with Crippen molar-refractivity contribution >= 4 is 55.1 Å². The van der Waals surface area contributed by atoms with Crippen molar-refractivity contribution in [2.24, 2.45) is 0 Å². The van der Waals surface area contributed by atoms with Crippen molar-refractivity contribution in [2.75, 3.05) is 55.9 Å². The highest BCUT2D eigenvalue weighted by atomic mass is 33.1. The number of esters is 2. The van der Waals surface area contributed by atoms with Gasteiger partial charge in [0.15, 0.2) is 0 Å². The Bertz CT molecular complexity index is 730. The number of ether oxygens (including phenoxy) is 2. The summed E-state index contributed by atoms with van der Waals surface area (Å²) < 4.78 is 11.0. The van der Waals surface area contributed by atoms with Gasteiger partial charge in [0.1, 0.15) is 13.2 Å². The lowest BCUT2D eigenvalue weighted by atomic mass is 10.1. The Labute approximate surface area is 279 Å². The lowest BCUT2D eigenvalue weighted by Gasteiger charge is -2.21. The molecule has 5 nitrogen and oxygen atoms in total. The van der Waals surface area contributed by atoms with E-state index in [9.17, 15) is 9.59 Å². The van der Waals surface area contributed by atoms with Crippen molar-refractivity contribution in [1.82, 2.24) is 4.90 Å². The summed E-state index contributed by atoms with van der Waals surface area (Å²) in [7, 11) is 7.36. The van der Waals surface area contributed by atoms with Crippen LogP contribution in [0.5, 0.6) is 0 Å². The Morgan fingerprint density at radius 3 is 1.51 bits per heavy atom. The van der Waals surface area contributed by atoms with Gasteiger partial charge in [0.2, 0.25) is 0 Å². The second kappa shape index (κ2) is 31.5. The van der Waals surface area contributed by atoms with Crippen LogP contribution in [0.15, 0.2) is 30.3 Å². The zero-order chi connectivity index (χ0) is 31.1. The van der Waals surface area contributed by atoms with E-state index in [1.165, 1.54) is 94.1 Å². The molecule has 1 aromatic rings. The van der Waals surface area contributed by atoms with Crippen LogP contribution < -0.4 is 0 Å². The molecule has 43 heavy (non-hydrogen) atoms. The van der Waals surface area contributed by atoms with Crippen LogP contribution in [0.2, 0.25) is 0 Å². The van der Waals surface area contributed by atoms with E-state index < -0.39 is 0 Å². The van der Waals surface area contributed by atoms with Gasteiger partial charge in [0, 0.05) is 42.6 Å². The Morgan fingerprint density at radius 1 is 0.581 bits per heavy atom. The van der Waals surface area contributed by atoms with Crippen molar-refractivity contribution < 1.29 is 19.1 Å². The molecule has 248 valence electrons. The van der Waals surface area contributed by atoms with Crippen LogP contribution in [0.4, 0.5) is 0 Å². The average Bonchev–Trinajstić information content (AvgIpc) is 3.02. The first kappa shape index (κ1) is 40.5. The van der Waals surface area contributed by atoms with Gasteiger partial charge in [-0.3, -0.25) is 9.59 Å². The van der Waals surface area contributed by atoms with Crippen molar-refractivity contribution in [3.63, 3.8) is 0 Å². The van der Waals surface area contributed by atoms with Gasteiger partial charge < -0.3 is 14.4 Å². The standard InChI is InChI=1S/C34H59NO4S4/c1-3-5-7-9-11-16-28-40-42-30-26-38-33(36)21-24-35(23-20-32-18-14-13-15-19-32)25-22-34(37)39-27-31-43-41-29-17-12-10-8-6-4-2/h13-15,18-19H,3-12,16-17,20-31H2,1-2H3. The third-order valence-electron chi connectivity index (χ3n) is 7.01. The highest BCUT2D eigenvalue weighted by molar-refractivity contribution is 8.77. The number of carbonyl (C=O) groups excluding carboxylic acids is 2. The molecule has 0 heterocycles. The summed E-state index contributed by atoms with van der Waals surface area (Å²) in [6.45, 7) is 7.38. The van der Waals surface area contributed by atoms with Gasteiger partial charge in [-0.1, -0.05) is 152 Å². The summed E-state index contributed by atoms with van der Waals surface area (Å²) in [5, 5.41) is 0. The fourth-order valence-electron chi connectivity index (χ4n) is 4.41. The normalized spacial score (nSPS) is 11.2. The van der Waals surface area contributed by atoms with E-state index in [1.807, 2.05) is 39.8 Å². The number of carbonyl (C=O) groups is 2. The molecule has 0 aromatic heterocycles. The zero-order valence-electron chi connectivity index (χ0n) is 27.1. The summed E-state index contributed by atoms with van der Waals surface area (Å²) in [6.07, 6.45) is 17.4. The van der Waals surface area contributed by atoms with Gasteiger partial charge >= 0.3 is 11.9 Å². The van der Waals surface area contributed by atoms with E-state index in [2.05, 4.69) is 30.9 Å². The molecule has 0 fully saturated rings. The molecule has 0 N–H and O–H groups in total. The van der Waals surface area contributed by atoms with Gasteiger partial charge in [-0.05, 0) is 24.8 Å². The topological polar surface area (TPSA) is 55.8 Å². The largest absolute Gasteiger partial charge is 0.465 e. The number of benzene rings is 1. The molecular formula is C34H59NO4S4. The van der Waals surface area contributed by atoms with E-state index in [0.717, 1.165) is 24.5 Å². The molecule has 1 rings (SSSR count). The molecule has 9 heteroatoms. The molecule has 0 aliphatic carbocycles. The first-order chi connectivity index (χ1) is 21.2. The quantitative estimate of drug-likeness (QED) is 0.0435. The van der Waals surface area contributed by atoms with Crippen LogP contribution in [0.3, 0.4) is 0 Å². The van der Waals surface area contributed by atoms with E-state index >= 15 is 0 Å². The molecule has 0 amide bonds. The number of hydrogen-bond donors (Lipinski definition) is 0. The fourth-order valence-corrected chi connectivity index (χ4v) is 8.36. The third-order valence-corrected chi connectivity index (χ3v) is 11.9.